The first-order valence-corrected chi connectivity index (χ1v) is 7.09. The van der Waals surface area contributed by atoms with Gasteiger partial charge in [-0.05, 0) is 35.3 Å². The van der Waals surface area contributed by atoms with Crippen molar-refractivity contribution in [2.24, 2.45) is 5.73 Å². The van der Waals surface area contributed by atoms with Gasteiger partial charge in [0.15, 0.2) is 0 Å². The number of carbonyl (C=O) groups is 1. The molecule has 88 valence electrons. The fourth-order valence-electron chi connectivity index (χ4n) is 2.20. The van der Waals surface area contributed by atoms with E-state index in [1.807, 2.05) is 17.2 Å². The monoisotopic (exact) mass is 302 g/mol. The first-order valence-electron chi connectivity index (χ1n) is 5.42. The van der Waals surface area contributed by atoms with E-state index in [4.69, 9.17) is 5.73 Å². The maximum atomic E-state index is 11.8. The van der Waals surface area contributed by atoms with Crippen LogP contribution in [0.2, 0.25) is 0 Å². The predicted molar refractivity (Wildman–Crippen MR) is 69.4 cm³/mol. The molecule has 1 amide bonds. The molecule has 2 heterocycles. The molecule has 0 saturated carbocycles. The molecule has 3 nitrogen and oxygen atoms in total. The van der Waals surface area contributed by atoms with Crippen LogP contribution in [-0.2, 0) is 4.79 Å². The lowest BCUT2D eigenvalue weighted by molar-refractivity contribution is -0.136. The van der Waals surface area contributed by atoms with Crippen LogP contribution in [0.25, 0.3) is 0 Å². The number of nitrogens with two attached hydrogens (primary N) is 1. The number of halogens is 1. The van der Waals surface area contributed by atoms with Crippen molar-refractivity contribution < 1.29 is 4.79 Å². The van der Waals surface area contributed by atoms with E-state index in [1.54, 1.807) is 11.3 Å². The summed E-state index contributed by atoms with van der Waals surface area (Å²) < 4.78 is 1.06. The summed E-state index contributed by atoms with van der Waals surface area (Å²) >= 11 is 5.10. The first-order chi connectivity index (χ1) is 7.63. The van der Waals surface area contributed by atoms with Gasteiger partial charge >= 0.3 is 0 Å². The largest absolute Gasteiger partial charge is 0.334 e. The molecule has 0 radical (unpaired) electrons. The Morgan fingerprint density at radius 2 is 2.44 bits per heavy atom. The van der Waals surface area contributed by atoms with Gasteiger partial charge in [-0.25, -0.2) is 0 Å². The Bertz CT molecular complexity index is 393. The molecule has 2 N–H and O–H groups in total. The van der Waals surface area contributed by atoms with Gasteiger partial charge in [-0.1, -0.05) is 0 Å². The van der Waals surface area contributed by atoms with Crippen molar-refractivity contribution in [3.8, 4) is 0 Å². The molecule has 16 heavy (non-hydrogen) atoms. The lowest BCUT2D eigenvalue weighted by atomic mass is 9.95. The van der Waals surface area contributed by atoms with Crippen LogP contribution >= 0.6 is 27.3 Å². The highest BCUT2D eigenvalue weighted by Crippen LogP contribution is 2.35. The van der Waals surface area contributed by atoms with Gasteiger partial charge in [0.05, 0.1) is 6.04 Å². The van der Waals surface area contributed by atoms with E-state index in [0.29, 0.717) is 6.42 Å². The van der Waals surface area contributed by atoms with Crippen LogP contribution in [-0.4, -0.2) is 23.4 Å². The van der Waals surface area contributed by atoms with Crippen LogP contribution in [0.4, 0.5) is 0 Å². The number of likely N-dealkylation sites (N-methyl/N-ethyl adjacent to an activating group) is 1. The molecule has 0 aliphatic carbocycles. The summed E-state index contributed by atoms with van der Waals surface area (Å²) in [5, 5.41) is 2.04. The zero-order valence-corrected chi connectivity index (χ0v) is 11.6. The number of likely N-dealkylation sites (tertiary alicyclic amines) is 1. The second-order valence-electron chi connectivity index (χ2n) is 3.99. The second-order valence-corrected chi connectivity index (χ2v) is 5.85. The maximum Gasteiger partial charge on any atom is 0.223 e. The number of nitrogens with zero attached hydrogens (tertiary/aromatic N) is 1. The smallest absolute Gasteiger partial charge is 0.223 e. The molecule has 1 fully saturated rings. The Labute approximate surface area is 108 Å². The summed E-state index contributed by atoms with van der Waals surface area (Å²) in [6.45, 7) is 2.73. The van der Waals surface area contributed by atoms with Crippen LogP contribution in [0.1, 0.15) is 30.7 Å². The zero-order chi connectivity index (χ0) is 11.7. The van der Waals surface area contributed by atoms with Crippen LogP contribution < -0.4 is 5.73 Å². The van der Waals surface area contributed by atoms with Crippen LogP contribution in [0.5, 0.6) is 0 Å². The predicted octanol–water partition coefficient (Wildman–Crippen LogP) is 2.52. The molecule has 1 aromatic heterocycles. The summed E-state index contributed by atoms with van der Waals surface area (Å²) in [6, 6.07) is 2.18. The molecule has 2 atom stereocenters. The first kappa shape index (κ1) is 12.1. The summed E-state index contributed by atoms with van der Waals surface area (Å²) in [5.74, 6) is 0.221. The van der Waals surface area contributed by atoms with E-state index in [2.05, 4.69) is 22.0 Å². The lowest BCUT2D eigenvalue weighted by Gasteiger charge is -2.38. The molecule has 2 unspecified atom stereocenters. The molecule has 1 aliphatic rings. The Balaban J connectivity index is 2.30. The average Bonchev–Trinajstić information content (AvgIpc) is 2.67. The third kappa shape index (κ3) is 2.17. The van der Waals surface area contributed by atoms with E-state index in [-0.39, 0.29) is 18.0 Å². The number of hydrogen-bond donors (Lipinski definition) is 1. The summed E-state index contributed by atoms with van der Waals surface area (Å²) in [4.78, 5) is 14.9. The van der Waals surface area contributed by atoms with E-state index in [0.717, 1.165) is 17.4 Å². The van der Waals surface area contributed by atoms with E-state index in [1.165, 1.54) is 4.88 Å². The van der Waals surface area contributed by atoms with Gasteiger partial charge in [0.25, 0.3) is 0 Å². The molecular formula is C11H15BrN2OS. The van der Waals surface area contributed by atoms with Crippen molar-refractivity contribution in [1.29, 1.82) is 0 Å². The van der Waals surface area contributed by atoms with Crippen LogP contribution in [0.3, 0.4) is 0 Å². The SMILES string of the molecule is CCN1C(=O)CCC(N)C1c1cc(Br)cs1. The minimum absolute atomic E-state index is 0.0579. The number of hydrogen-bond acceptors (Lipinski definition) is 3. The number of amides is 1. The van der Waals surface area contributed by atoms with Crippen molar-refractivity contribution in [3.63, 3.8) is 0 Å². The average molecular weight is 303 g/mol. The minimum atomic E-state index is 0.0579. The van der Waals surface area contributed by atoms with Crippen LogP contribution in [0, 0.1) is 0 Å². The maximum absolute atomic E-state index is 11.8. The molecule has 0 spiro atoms. The van der Waals surface area contributed by atoms with Gasteiger partial charge in [-0.3, -0.25) is 4.79 Å². The third-order valence-electron chi connectivity index (χ3n) is 2.97. The Kier molecular flexibility index (Phi) is 3.66. The van der Waals surface area contributed by atoms with E-state index < -0.39 is 0 Å². The molecule has 1 aromatic rings. The molecule has 1 aliphatic heterocycles. The highest BCUT2D eigenvalue weighted by molar-refractivity contribution is 9.10. The van der Waals surface area contributed by atoms with Gasteiger partial charge < -0.3 is 10.6 Å². The molecule has 1 saturated heterocycles. The standard InChI is InChI=1S/C11H15BrN2OS/c1-2-14-10(15)4-3-8(13)11(14)9-5-7(12)6-16-9/h5-6,8,11H,2-4,13H2,1H3. The highest BCUT2D eigenvalue weighted by Gasteiger charge is 2.34. The van der Waals surface area contributed by atoms with Gasteiger partial charge in [0.1, 0.15) is 0 Å². The fraction of sp³-hybridized carbons (Fsp3) is 0.545. The van der Waals surface area contributed by atoms with Crippen molar-refractivity contribution in [3.05, 3.63) is 20.8 Å². The zero-order valence-electron chi connectivity index (χ0n) is 9.15. The number of piperidine rings is 1. The molecule has 0 aromatic carbocycles. The van der Waals surface area contributed by atoms with Crippen molar-refractivity contribution in [2.75, 3.05) is 6.54 Å². The van der Waals surface area contributed by atoms with Crippen molar-refractivity contribution in [1.82, 2.24) is 4.90 Å². The van der Waals surface area contributed by atoms with Crippen LogP contribution in [0.15, 0.2) is 15.9 Å². The molecule has 5 heteroatoms. The van der Waals surface area contributed by atoms with Gasteiger partial charge in [-0.2, -0.15) is 0 Å². The normalized spacial score (nSPS) is 26.2. The fourth-order valence-corrected chi connectivity index (χ4v) is 3.83. The topological polar surface area (TPSA) is 46.3 Å². The summed E-state index contributed by atoms with van der Waals surface area (Å²) in [7, 11) is 0. The van der Waals surface area contributed by atoms with Crippen molar-refractivity contribution >= 4 is 33.2 Å². The minimum Gasteiger partial charge on any atom is -0.334 e. The summed E-state index contributed by atoms with van der Waals surface area (Å²) in [6.07, 6.45) is 1.37. The third-order valence-corrected chi connectivity index (χ3v) is 4.74. The Morgan fingerprint density at radius 1 is 1.69 bits per heavy atom. The number of thiophene rings is 1. The summed E-state index contributed by atoms with van der Waals surface area (Å²) in [5.41, 5.74) is 6.15. The molecular weight excluding hydrogens is 288 g/mol. The highest BCUT2D eigenvalue weighted by atomic mass is 79.9. The lowest BCUT2D eigenvalue weighted by Crippen LogP contribution is -2.48. The van der Waals surface area contributed by atoms with Gasteiger partial charge in [0.2, 0.25) is 5.91 Å². The Hall–Kier alpha value is -0.390. The second kappa shape index (κ2) is 4.85. The number of carbonyl (C=O) groups excluding carboxylic acids is 1. The Morgan fingerprint density at radius 3 is 3.00 bits per heavy atom. The van der Waals surface area contributed by atoms with Gasteiger partial charge in [-0.15, -0.1) is 11.3 Å². The molecule has 0 bridgehead atoms. The van der Waals surface area contributed by atoms with E-state index in [9.17, 15) is 4.79 Å². The molecule has 2 rings (SSSR count). The van der Waals surface area contributed by atoms with E-state index >= 15 is 0 Å². The quantitative estimate of drug-likeness (QED) is 0.912. The van der Waals surface area contributed by atoms with Crippen molar-refractivity contribution in [2.45, 2.75) is 31.8 Å². The number of rotatable bonds is 2. The van der Waals surface area contributed by atoms with Gasteiger partial charge in [0, 0.05) is 33.7 Å².